The van der Waals surface area contributed by atoms with Gasteiger partial charge in [-0.2, -0.15) is 0 Å². The lowest BCUT2D eigenvalue weighted by molar-refractivity contribution is 0.161. The Labute approximate surface area is 102 Å². The first-order valence-corrected chi connectivity index (χ1v) is 6.56. The summed E-state index contributed by atoms with van der Waals surface area (Å²) in [6.45, 7) is 6.07. The second kappa shape index (κ2) is 7.79. The van der Waals surface area contributed by atoms with Crippen LogP contribution in [-0.4, -0.2) is 45.3 Å². The Morgan fingerprint density at radius 2 is 2.31 bits per heavy atom. The topological polar surface area (TPSA) is 24.5 Å². The van der Waals surface area contributed by atoms with E-state index < -0.39 is 0 Å². The van der Waals surface area contributed by atoms with Gasteiger partial charge >= 0.3 is 0 Å². The summed E-state index contributed by atoms with van der Waals surface area (Å²) < 4.78 is 5.04. The molecule has 92 valence electrons. The van der Waals surface area contributed by atoms with Crippen LogP contribution >= 0.6 is 11.3 Å². The molecule has 0 radical (unpaired) electrons. The van der Waals surface area contributed by atoms with Gasteiger partial charge in [-0.1, -0.05) is 6.07 Å². The Bertz CT molecular complexity index is 264. The van der Waals surface area contributed by atoms with Crippen molar-refractivity contribution in [1.82, 2.24) is 10.2 Å². The van der Waals surface area contributed by atoms with E-state index in [1.165, 1.54) is 4.88 Å². The van der Waals surface area contributed by atoms with Gasteiger partial charge in [0.25, 0.3) is 0 Å². The molecule has 1 unspecified atom stereocenters. The maximum atomic E-state index is 5.04. The lowest BCUT2D eigenvalue weighted by Gasteiger charge is -2.18. The van der Waals surface area contributed by atoms with Gasteiger partial charge in [-0.15, -0.1) is 11.3 Å². The van der Waals surface area contributed by atoms with Crippen LogP contribution in [0.3, 0.4) is 0 Å². The average molecular weight is 242 g/mol. The molecular weight excluding hydrogens is 220 g/mol. The zero-order chi connectivity index (χ0) is 11.8. The van der Waals surface area contributed by atoms with Crippen molar-refractivity contribution in [2.75, 3.05) is 40.4 Å². The minimum Gasteiger partial charge on any atom is -0.383 e. The molecule has 0 aromatic carbocycles. The Kier molecular flexibility index (Phi) is 6.64. The number of hydrogen-bond donors (Lipinski definition) is 1. The van der Waals surface area contributed by atoms with Crippen molar-refractivity contribution < 1.29 is 4.74 Å². The Morgan fingerprint density at radius 1 is 1.50 bits per heavy atom. The van der Waals surface area contributed by atoms with Crippen LogP contribution in [0.4, 0.5) is 0 Å². The highest BCUT2D eigenvalue weighted by Gasteiger charge is 2.05. The first-order valence-electron chi connectivity index (χ1n) is 5.68. The zero-order valence-corrected chi connectivity index (χ0v) is 11.2. The summed E-state index contributed by atoms with van der Waals surface area (Å²) in [6.07, 6.45) is 0. The standard InChI is InChI=1S/C12H22N2OS/c1-11(12-5-4-10-16-12)13-6-7-14(2)8-9-15-3/h4-5,10-11,13H,6-9H2,1-3H3. The van der Waals surface area contributed by atoms with Gasteiger partial charge in [0, 0.05) is 37.7 Å². The van der Waals surface area contributed by atoms with E-state index in [4.69, 9.17) is 4.74 Å². The van der Waals surface area contributed by atoms with Gasteiger partial charge in [0.2, 0.25) is 0 Å². The molecule has 1 N–H and O–H groups in total. The molecule has 0 amide bonds. The molecule has 4 heteroatoms. The zero-order valence-electron chi connectivity index (χ0n) is 10.4. The lowest BCUT2D eigenvalue weighted by atomic mass is 10.3. The van der Waals surface area contributed by atoms with Gasteiger partial charge < -0.3 is 15.0 Å². The molecule has 0 saturated carbocycles. The Balaban J connectivity index is 2.11. The summed E-state index contributed by atoms with van der Waals surface area (Å²) in [6, 6.07) is 4.73. The van der Waals surface area contributed by atoms with Crippen LogP contribution in [0.1, 0.15) is 17.8 Å². The van der Waals surface area contributed by atoms with Gasteiger partial charge in [-0.3, -0.25) is 0 Å². The van der Waals surface area contributed by atoms with Crippen molar-refractivity contribution in [2.45, 2.75) is 13.0 Å². The van der Waals surface area contributed by atoms with Crippen LogP contribution < -0.4 is 5.32 Å². The van der Waals surface area contributed by atoms with Crippen molar-refractivity contribution in [3.63, 3.8) is 0 Å². The predicted octanol–water partition coefficient (Wildman–Crippen LogP) is 1.98. The van der Waals surface area contributed by atoms with Crippen molar-refractivity contribution in [3.8, 4) is 0 Å². The lowest BCUT2D eigenvalue weighted by Crippen LogP contribution is -2.32. The largest absolute Gasteiger partial charge is 0.383 e. The summed E-state index contributed by atoms with van der Waals surface area (Å²) >= 11 is 1.81. The highest BCUT2D eigenvalue weighted by molar-refractivity contribution is 7.10. The first kappa shape index (κ1) is 13.6. The quantitative estimate of drug-likeness (QED) is 0.754. The van der Waals surface area contributed by atoms with Crippen molar-refractivity contribution >= 4 is 11.3 Å². The van der Waals surface area contributed by atoms with Gasteiger partial charge in [0.1, 0.15) is 0 Å². The highest BCUT2D eigenvalue weighted by atomic mass is 32.1. The maximum absolute atomic E-state index is 5.04. The monoisotopic (exact) mass is 242 g/mol. The molecule has 0 saturated heterocycles. The second-order valence-corrected chi connectivity index (χ2v) is 4.97. The minimum atomic E-state index is 0.454. The fourth-order valence-electron chi connectivity index (χ4n) is 1.47. The van der Waals surface area contributed by atoms with E-state index in [0.29, 0.717) is 6.04 Å². The fourth-order valence-corrected chi connectivity index (χ4v) is 2.23. The van der Waals surface area contributed by atoms with Crippen molar-refractivity contribution in [3.05, 3.63) is 22.4 Å². The number of likely N-dealkylation sites (N-methyl/N-ethyl adjacent to an activating group) is 1. The summed E-state index contributed by atoms with van der Waals surface area (Å²) in [5, 5.41) is 5.64. The first-order chi connectivity index (χ1) is 7.74. The number of ether oxygens (including phenoxy) is 1. The normalized spacial score (nSPS) is 13.2. The van der Waals surface area contributed by atoms with Gasteiger partial charge in [-0.05, 0) is 25.4 Å². The van der Waals surface area contributed by atoms with E-state index in [0.717, 1.165) is 26.2 Å². The van der Waals surface area contributed by atoms with Crippen LogP contribution in [-0.2, 0) is 4.74 Å². The highest BCUT2D eigenvalue weighted by Crippen LogP contribution is 2.17. The Morgan fingerprint density at radius 3 is 2.94 bits per heavy atom. The second-order valence-electron chi connectivity index (χ2n) is 3.99. The van der Waals surface area contributed by atoms with E-state index in [1.54, 1.807) is 7.11 Å². The van der Waals surface area contributed by atoms with E-state index in [9.17, 15) is 0 Å². The molecule has 1 rings (SSSR count). The van der Waals surface area contributed by atoms with Gasteiger partial charge in [0.05, 0.1) is 6.61 Å². The molecule has 0 aliphatic carbocycles. The third kappa shape index (κ3) is 5.07. The van der Waals surface area contributed by atoms with Crippen LogP contribution in [0, 0.1) is 0 Å². The number of thiophene rings is 1. The van der Waals surface area contributed by atoms with Gasteiger partial charge in [0.15, 0.2) is 0 Å². The molecule has 1 aromatic rings. The molecule has 1 atom stereocenters. The molecule has 0 fully saturated rings. The SMILES string of the molecule is COCCN(C)CCNC(C)c1cccs1. The molecule has 1 heterocycles. The molecular formula is C12H22N2OS. The van der Waals surface area contributed by atoms with Crippen LogP contribution in [0.5, 0.6) is 0 Å². The van der Waals surface area contributed by atoms with E-state index in [-0.39, 0.29) is 0 Å². The summed E-state index contributed by atoms with van der Waals surface area (Å²) in [4.78, 5) is 3.68. The Hall–Kier alpha value is -0.420. The maximum Gasteiger partial charge on any atom is 0.0589 e. The number of methoxy groups -OCH3 is 1. The molecule has 3 nitrogen and oxygen atoms in total. The predicted molar refractivity (Wildman–Crippen MR) is 70.1 cm³/mol. The van der Waals surface area contributed by atoms with E-state index in [1.807, 2.05) is 11.3 Å². The molecule has 1 aromatic heterocycles. The van der Waals surface area contributed by atoms with Crippen LogP contribution in [0.2, 0.25) is 0 Å². The number of rotatable bonds is 8. The van der Waals surface area contributed by atoms with E-state index in [2.05, 4.69) is 41.7 Å². The van der Waals surface area contributed by atoms with Crippen LogP contribution in [0.25, 0.3) is 0 Å². The molecule has 0 aliphatic heterocycles. The van der Waals surface area contributed by atoms with Crippen molar-refractivity contribution in [2.24, 2.45) is 0 Å². The molecule has 0 bridgehead atoms. The number of nitrogens with zero attached hydrogens (tertiary/aromatic N) is 1. The third-order valence-corrected chi connectivity index (χ3v) is 3.65. The molecule has 16 heavy (non-hydrogen) atoms. The summed E-state index contributed by atoms with van der Waals surface area (Å²) in [5.41, 5.74) is 0. The minimum absolute atomic E-state index is 0.454. The average Bonchev–Trinajstić information content (AvgIpc) is 2.79. The van der Waals surface area contributed by atoms with Gasteiger partial charge in [-0.25, -0.2) is 0 Å². The number of nitrogens with one attached hydrogen (secondary N) is 1. The fraction of sp³-hybridized carbons (Fsp3) is 0.667. The van der Waals surface area contributed by atoms with Crippen molar-refractivity contribution in [1.29, 1.82) is 0 Å². The van der Waals surface area contributed by atoms with Crippen LogP contribution in [0.15, 0.2) is 17.5 Å². The number of hydrogen-bond acceptors (Lipinski definition) is 4. The smallest absolute Gasteiger partial charge is 0.0589 e. The third-order valence-electron chi connectivity index (χ3n) is 2.59. The summed E-state index contributed by atoms with van der Waals surface area (Å²) in [5.74, 6) is 0. The molecule has 0 aliphatic rings. The molecule has 0 spiro atoms. The summed E-state index contributed by atoms with van der Waals surface area (Å²) in [7, 11) is 3.86. The van der Waals surface area contributed by atoms with E-state index >= 15 is 0 Å².